The lowest BCUT2D eigenvalue weighted by molar-refractivity contribution is 0.0998. The van der Waals surface area contributed by atoms with Crippen LogP contribution in [0, 0.1) is 0 Å². The number of carbonyl (C=O) groups excluding carboxylic acids is 1. The molecule has 2 N–H and O–H groups in total. The predicted octanol–water partition coefficient (Wildman–Crippen LogP) is 2.37. The average Bonchev–Trinajstić information content (AvgIpc) is 2.40. The van der Waals surface area contributed by atoms with Crippen molar-refractivity contribution in [2.24, 2.45) is 5.73 Å². The van der Waals surface area contributed by atoms with Crippen LogP contribution in [0.15, 0.2) is 24.3 Å². The number of hydrogen-bond donors (Lipinski definition) is 1. The van der Waals surface area contributed by atoms with E-state index < -0.39 is 0 Å². The topological polar surface area (TPSA) is 46.3 Å². The maximum Gasteiger partial charge on any atom is 0.248 e. The number of primary amides is 1. The van der Waals surface area contributed by atoms with Crippen molar-refractivity contribution in [2.45, 2.75) is 32.1 Å². The zero-order chi connectivity index (χ0) is 13.0. The van der Waals surface area contributed by atoms with Crippen LogP contribution in [0.2, 0.25) is 0 Å². The Morgan fingerprint density at radius 2 is 2.00 bits per heavy atom. The molecule has 98 valence electrons. The van der Waals surface area contributed by atoms with Crippen molar-refractivity contribution in [1.82, 2.24) is 4.90 Å². The highest BCUT2D eigenvalue weighted by Crippen LogP contribution is 2.30. The second-order valence-corrected chi connectivity index (χ2v) is 5.07. The maximum atomic E-state index is 11.4. The fraction of sp³-hybridized carbons (Fsp3) is 0.533. The Labute approximate surface area is 109 Å². The first-order chi connectivity index (χ1) is 8.72. The number of rotatable bonds is 4. The molecule has 1 aromatic carbocycles. The molecule has 1 aliphatic rings. The monoisotopic (exact) mass is 246 g/mol. The van der Waals surface area contributed by atoms with Crippen LogP contribution in [0.1, 0.15) is 48.0 Å². The van der Waals surface area contributed by atoms with E-state index in [1.165, 1.54) is 13.0 Å². The Hall–Kier alpha value is -1.35. The second kappa shape index (κ2) is 6.01. The number of nitrogens with two attached hydrogens (primary N) is 1. The normalized spacial score (nSPS) is 17.8. The summed E-state index contributed by atoms with van der Waals surface area (Å²) in [4.78, 5) is 13.9. The second-order valence-electron chi connectivity index (χ2n) is 5.07. The highest BCUT2D eigenvalue weighted by Gasteiger charge is 2.22. The fourth-order valence-corrected chi connectivity index (χ4v) is 2.86. The first-order valence-electron chi connectivity index (χ1n) is 6.83. The number of benzene rings is 1. The zero-order valence-electron chi connectivity index (χ0n) is 11.1. The third-order valence-corrected chi connectivity index (χ3v) is 3.79. The van der Waals surface area contributed by atoms with Crippen molar-refractivity contribution in [3.05, 3.63) is 35.4 Å². The van der Waals surface area contributed by atoms with Crippen molar-refractivity contribution in [3.8, 4) is 0 Å². The zero-order valence-corrected chi connectivity index (χ0v) is 11.1. The molecule has 0 spiro atoms. The lowest BCUT2D eigenvalue weighted by Gasteiger charge is -2.32. The van der Waals surface area contributed by atoms with Crippen molar-refractivity contribution < 1.29 is 4.79 Å². The molecule has 1 aromatic rings. The number of hydrogen-bond acceptors (Lipinski definition) is 2. The predicted molar refractivity (Wildman–Crippen MR) is 73.7 cm³/mol. The van der Waals surface area contributed by atoms with Gasteiger partial charge in [-0.05, 0) is 56.4 Å². The Morgan fingerprint density at radius 1 is 1.33 bits per heavy atom. The molecule has 18 heavy (non-hydrogen) atoms. The molecule has 0 aliphatic carbocycles. The molecule has 3 heteroatoms. The van der Waals surface area contributed by atoms with Crippen LogP contribution < -0.4 is 5.73 Å². The molecule has 0 bridgehead atoms. The van der Waals surface area contributed by atoms with Crippen LogP contribution >= 0.6 is 0 Å². The molecule has 1 saturated heterocycles. The molecule has 0 atom stereocenters. The van der Waals surface area contributed by atoms with Crippen LogP contribution in [-0.4, -0.2) is 30.4 Å². The molecule has 2 rings (SSSR count). The summed E-state index contributed by atoms with van der Waals surface area (Å²) in [5.41, 5.74) is 7.29. The maximum absolute atomic E-state index is 11.4. The quantitative estimate of drug-likeness (QED) is 0.886. The summed E-state index contributed by atoms with van der Waals surface area (Å²) in [6.45, 7) is 5.66. The van der Waals surface area contributed by atoms with Gasteiger partial charge < -0.3 is 10.6 Å². The molecule has 1 heterocycles. The van der Waals surface area contributed by atoms with Gasteiger partial charge in [0.2, 0.25) is 5.91 Å². The van der Waals surface area contributed by atoms with Gasteiger partial charge in [0, 0.05) is 5.56 Å². The van der Waals surface area contributed by atoms with Gasteiger partial charge in [-0.25, -0.2) is 0 Å². The van der Waals surface area contributed by atoms with E-state index >= 15 is 0 Å². The van der Waals surface area contributed by atoms with Gasteiger partial charge in [0.1, 0.15) is 0 Å². The van der Waals surface area contributed by atoms with Gasteiger partial charge in [0.15, 0.2) is 0 Å². The van der Waals surface area contributed by atoms with E-state index in [2.05, 4.69) is 17.9 Å². The minimum absolute atomic E-state index is 0.304. The summed E-state index contributed by atoms with van der Waals surface area (Å²) < 4.78 is 0. The SMILES string of the molecule is CCCN1CCC(c2ccccc2C(N)=O)CC1. The van der Waals surface area contributed by atoms with Crippen LogP contribution in [0.5, 0.6) is 0 Å². The van der Waals surface area contributed by atoms with Crippen LogP contribution in [0.4, 0.5) is 0 Å². The molecule has 1 amide bonds. The highest BCUT2D eigenvalue weighted by molar-refractivity contribution is 5.94. The number of piperidine rings is 1. The molecule has 1 fully saturated rings. The molecular formula is C15H22N2O. The summed E-state index contributed by atoms with van der Waals surface area (Å²) in [6, 6.07) is 7.78. The molecule has 1 aliphatic heterocycles. The van der Waals surface area contributed by atoms with Gasteiger partial charge in [-0.2, -0.15) is 0 Å². The summed E-state index contributed by atoms with van der Waals surface area (Å²) in [5, 5.41) is 0. The lowest BCUT2D eigenvalue weighted by atomic mass is 9.86. The standard InChI is InChI=1S/C15H22N2O/c1-2-9-17-10-7-12(8-11-17)13-5-3-4-6-14(13)15(16)18/h3-6,12H,2,7-11H2,1H3,(H2,16,18). The van der Waals surface area contributed by atoms with E-state index in [1.807, 2.05) is 18.2 Å². The van der Waals surface area contributed by atoms with Crippen molar-refractivity contribution >= 4 is 5.91 Å². The Kier molecular flexibility index (Phi) is 4.37. The number of likely N-dealkylation sites (tertiary alicyclic amines) is 1. The van der Waals surface area contributed by atoms with Gasteiger partial charge in [0.05, 0.1) is 0 Å². The van der Waals surface area contributed by atoms with E-state index in [0.717, 1.165) is 31.5 Å². The fourth-order valence-electron chi connectivity index (χ4n) is 2.86. The summed E-state index contributed by atoms with van der Waals surface area (Å²) in [5.74, 6) is 0.184. The van der Waals surface area contributed by atoms with Gasteiger partial charge in [-0.3, -0.25) is 4.79 Å². The lowest BCUT2D eigenvalue weighted by Crippen LogP contribution is -2.34. The molecule has 0 radical (unpaired) electrons. The van der Waals surface area contributed by atoms with Gasteiger partial charge in [-0.15, -0.1) is 0 Å². The first-order valence-corrected chi connectivity index (χ1v) is 6.83. The molecule has 0 saturated carbocycles. The van der Waals surface area contributed by atoms with Crippen molar-refractivity contribution in [2.75, 3.05) is 19.6 Å². The number of nitrogens with zero attached hydrogens (tertiary/aromatic N) is 1. The van der Waals surface area contributed by atoms with Gasteiger partial charge in [0.25, 0.3) is 0 Å². The Morgan fingerprint density at radius 3 is 2.61 bits per heavy atom. The summed E-state index contributed by atoms with van der Waals surface area (Å²) in [6.07, 6.45) is 3.47. The minimum atomic E-state index is -0.304. The van der Waals surface area contributed by atoms with Crippen LogP contribution in [-0.2, 0) is 0 Å². The summed E-state index contributed by atoms with van der Waals surface area (Å²) >= 11 is 0. The molecule has 3 nitrogen and oxygen atoms in total. The van der Waals surface area contributed by atoms with E-state index in [0.29, 0.717) is 11.5 Å². The van der Waals surface area contributed by atoms with Crippen LogP contribution in [0.25, 0.3) is 0 Å². The van der Waals surface area contributed by atoms with Crippen molar-refractivity contribution in [3.63, 3.8) is 0 Å². The Balaban J connectivity index is 2.07. The smallest absolute Gasteiger partial charge is 0.248 e. The average molecular weight is 246 g/mol. The van der Waals surface area contributed by atoms with E-state index in [9.17, 15) is 4.79 Å². The van der Waals surface area contributed by atoms with E-state index in [1.54, 1.807) is 0 Å². The number of amides is 1. The molecule has 0 unspecified atom stereocenters. The first kappa shape index (κ1) is 13.1. The van der Waals surface area contributed by atoms with Gasteiger partial charge >= 0.3 is 0 Å². The third-order valence-electron chi connectivity index (χ3n) is 3.79. The van der Waals surface area contributed by atoms with Crippen molar-refractivity contribution in [1.29, 1.82) is 0 Å². The van der Waals surface area contributed by atoms with E-state index in [4.69, 9.17) is 5.73 Å². The van der Waals surface area contributed by atoms with Gasteiger partial charge in [-0.1, -0.05) is 25.1 Å². The summed E-state index contributed by atoms with van der Waals surface area (Å²) in [7, 11) is 0. The largest absolute Gasteiger partial charge is 0.366 e. The minimum Gasteiger partial charge on any atom is -0.366 e. The number of carbonyl (C=O) groups is 1. The molecule has 0 aromatic heterocycles. The highest BCUT2D eigenvalue weighted by atomic mass is 16.1. The third kappa shape index (κ3) is 2.91. The molecular weight excluding hydrogens is 224 g/mol. The van der Waals surface area contributed by atoms with Crippen LogP contribution in [0.3, 0.4) is 0 Å². The Bertz CT molecular complexity index is 409. The van der Waals surface area contributed by atoms with E-state index in [-0.39, 0.29) is 5.91 Å².